The zero-order valence-corrected chi connectivity index (χ0v) is 10.2. The van der Waals surface area contributed by atoms with E-state index in [1.54, 1.807) is 12.1 Å². The molecule has 0 aliphatic carbocycles. The molecule has 100 valence electrons. The highest BCUT2D eigenvalue weighted by atomic mass is 19.1. The fourth-order valence-electron chi connectivity index (χ4n) is 1.91. The summed E-state index contributed by atoms with van der Waals surface area (Å²) in [4.78, 5) is 4.27. The van der Waals surface area contributed by atoms with Crippen molar-refractivity contribution in [1.82, 2.24) is 10.1 Å². The highest BCUT2D eigenvalue weighted by Gasteiger charge is 2.23. The Hall–Kier alpha value is -1.95. The Morgan fingerprint density at radius 2 is 2.16 bits per heavy atom. The van der Waals surface area contributed by atoms with Gasteiger partial charge in [-0.1, -0.05) is 5.16 Å². The van der Waals surface area contributed by atoms with E-state index >= 15 is 0 Å². The van der Waals surface area contributed by atoms with Crippen LogP contribution in [0.15, 0.2) is 28.8 Å². The molecule has 1 aliphatic heterocycles. The van der Waals surface area contributed by atoms with Crippen molar-refractivity contribution in [3.05, 3.63) is 41.8 Å². The molecule has 0 bridgehead atoms. The van der Waals surface area contributed by atoms with Gasteiger partial charge in [0.25, 0.3) is 5.89 Å². The molecule has 0 radical (unpaired) electrons. The molecule has 0 N–H and O–H groups in total. The molecule has 1 atom stereocenters. The fraction of sp³-hybridized carbons (Fsp3) is 0.385. The molecule has 0 amide bonds. The van der Waals surface area contributed by atoms with Crippen molar-refractivity contribution >= 4 is 0 Å². The number of hydrogen-bond acceptors (Lipinski definition) is 5. The summed E-state index contributed by atoms with van der Waals surface area (Å²) in [6.07, 6.45) is 0.914. The summed E-state index contributed by atoms with van der Waals surface area (Å²) in [7, 11) is 0. The summed E-state index contributed by atoms with van der Waals surface area (Å²) in [6.45, 7) is 1.55. The summed E-state index contributed by atoms with van der Waals surface area (Å²) in [5.41, 5.74) is 0. The molecule has 6 heteroatoms. The lowest BCUT2D eigenvalue weighted by molar-refractivity contribution is 0.192. The first kappa shape index (κ1) is 12.1. The van der Waals surface area contributed by atoms with E-state index in [1.165, 1.54) is 12.1 Å². The highest BCUT2D eigenvalue weighted by molar-refractivity contribution is 5.22. The number of hydrogen-bond donors (Lipinski definition) is 0. The van der Waals surface area contributed by atoms with Gasteiger partial charge in [-0.25, -0.2) is 4.39 Å². The van der Waals surface area contributed by atoms with Gasteiger partial charge in [-0.3, -0.25) is 0 Å². The molecule has 0 spiro atoms. The summed E-state index contributed by atoms with van der Waals surface area (Å²) in [5.74, 6) is 1.55. The van der Waals surface area contributed by atoms with Crippen molar-refractivity contribution in [3.8, 4) is 5.75 Å². The van der Waals surface area contributed by atoms with Crippen LogP contribution in [-0.4, -0.2) is 23.4 Å². The van der Waals surface area contributed by atoms with Crippen LogP contribution in [0.4, 0.5) is 4.39 Å². The zero-order chi connectivity index (χ0) is 13.1. The van der Waals surface area contributed by atoms with Gasteiger partial charge in [-0.2, -0.15) is 4.98 Å². The van der Waals surface area contributed by atoms with Gasteiger partial charge in [0.2, 0.25) is 0 Å². The average Bonchev–Trinajstić information content (AvgIpc) is 3.09. The van der Waals surface area contributed by atoms with E-state index in [0.29, 0.717) is 24.1 Å². The molecule has 0 unspecified atom stereocenters. The third-order valence-corrected chi connectivity index (χ3v) is 2.95. The standard InChI is InChI=1S/C13H13FN2O3/c14-10-1-3-11(4-2-10)18-8-12-15-13(16-19-12)9-5-6-17-7-9/h1-4,9H,5-8H2/t9-/m1/s1. The van der Waals surface area contributed by atoms with Gasteiger partial charge in [-0.15, -0.1) is 0 Å². The maximum absolute atomic E-state index is 12.7. The second kappa shape index (κ2) is 5.36. The van der Waals surface area contributed by atoms with E-state index in [9.17, 15) is 4.39 Å². The van der Waals surface area contributed by atoms with E-state index in [1.807, 2.05) is 0 Å². The number of ether oxygens (including phenoxy) is 2. The predicted octanol–water partition coefficient (Wildman–Crippen LogP) is 2.29. The van der Waals surface area contributed by atoms with Crippen molar-refractivity contribution < 1.29 is 18.4 Å². The van der Waals surface area contributed by atoms with E-state index in [-0.39, 0.29) is 18.3 Å². The van der Waals surface area contributed by atoms with E-state index in [2.05, 4.69) is 10.1 Å². The van der Waals surface area contributed by atoms with Crippen molar-refractivity contribution in [2.45, 2.75) is 18.9 Å². The van der Waals surface area contributed by atoms with E-state index in [0.717, 1.165) is 13.0 Å². The van der Waals surface area contributed by atoms with Crippen LogP contribution in [-0.2, 0) is 11.3 Å². The van der Waals surface area contributed by atoms with Gasteiger partial charge < -0.3 is 14.0 Å². The molecule has 19 heavy (non-hydrogen) atoms. The quantitative estimate of drug-likeness (QED) is 0.848. The van der Waals surface area contributed by atoms with Gasteiger partial charge >= 0.3 is 0 Å². The second-order valence-electron chi connectivity index (χ2n) is 4.35. The Labute approximate surface area is 109 Å². The van der Waals surface area contributed by atoms with Crippen LogP contribution >= 0.6 is 0 Å². The maximum atomic E-state index is 12.7. The third kappa shape index (κ3) is 2.90. The molecule has 1 aromatic carbocycles. The molecule has 3 rings (SSSR count). The number of halogens is 1. The van der Waals surface area contributed by atoms with Crippen molar-refractivity contribution in [2.75, 3.05) is 13.2 Å². The topological polar surface area (TPSA) is 57.4 Å². The molecule has 1 aromatic heterocycles. The van der Waals surface area contributed by atoms with Gasteiger partial charge in [0.05, 0.1) is 6.61 Å². The minimum atomic E-state index is -0.298. The van der Waals surface area contributed by atoms with Crippen LogP contribution < -0.4 is 4.74 Å². The summed E-state index contributed by atoms with van der Waals surface area (Å²) >= 11 is 0. The van der Waals surface area contributed by atoms with Crippen LogP contribution in [0, 0.1) is 5.82 Å². The second-order valence-corrected chi connectivity index (χ2v) is 4.35. The highest BCUT2D eigenvalue weighted by Crippen LogP contribution is 2.22. The van der Waals surface area contributed by atoms with Crippen molar-refractivity contribution in [1.29, 1.82) is 0 Å². The molecule has 1 saturated heterocycles. The van der Waals surface area contributed by atoms with Crippen LogP contribution in [0.3, 0.4) is 0 Å². The van der Waals surface area contributed by atoms with Crippen LogP contribution in [0.2, 0.25) is 0 Å². The number of aromatic nitrogens is 2. The SMILES string of the molecule is Fc1ccc(OCc2nc([C@@H]3CCOC3)no2)cc1. The third-order valence-electron chi connectivity index (χ3n) is 2.95. The molecule has 5 nitrogen and oxygen atoms in total. The van der Waals surface area contributed by atoms with Crippen LogP contribution in [0.5, 0.6) is 5.75 Å². The molecule has 0 saturated carbocycles. The monoisotopic (exact) mass is 264 g/mol. The molecular weight excluding hydrogens is 251 g/mol. The van der Waals surface area contributed by atoms with Crippen molar-refractivity contribution in [2.24, 2.45) is 0 Å². The maximum Gasteiger partial charge on any atom is 0.264 e. The Kier molecular flexibility index (Phi) is 3.41. The molecular formula is C13H13FN2O3. The number of rotatable bonds is 4. The Balaban J connectivity index is 1.59. The van der Waals surface area contributed by atoms with Crippen LogP contribution in [0.25, 0.3) is 0 Å². The number of benzene rings is 1. The average molecular weight is 264 g/mol. The normalized spacial score (nSPS) is 18.7. The molecule has 1 fully saturated rings. The summed E-state index contributed by atoms with van der Waals surface area (Å²) < 4.78 is 28.5. The van der Waals surface area contributed by atoms with Gasteiger partial charge in [0, 0.05) is 12.5 Å². The van der Waals surface area contributed by atoms with E-state index < -0.39 is 0 Å². The largest absolute Gasteiger partial charge is 0.484 e. The Bertz CT molecular complexity index is 535. The van der Waals surface area contributed by atoms with Gasteiger partial charge in [-0.05, 0) is 30.7 Å². The molecule has 1 aliphatic rings. The Morgan fingerprint density at radius 1 is 1.32 bits per heavy atom. The van der Waals surface area contributed by atoms with Crippen LogP contribution in [0.1, 0.15) is 24.1 Å². The predicted molar refractivity (Wildman–Crippen MR) is 63.2 cm³/mol. The first-order valence-corrected chi connectivity index (χ1v) is 6.10. The number of nitrogens with zero attached hydrogens (tertiary/aromatic N) is 2. The summed E-state index contributed by atoms with van der Waals surface area (Å²) in [6, 6.07) is 5.78. The van der Waals surface area contributed by atoms with Gasteiger partial charge in [0.15, 0.2) is 12.4 Å². The first-order chi connectivity index (χ1) is 9.31. The molecule has 2 aromatic rings. The van der Waals surface area contributed by atoms with Crippen molar-refractivity contribution in [3.63, 3.8) is 0 Å². The Morgan fingerprint density at radius 3 is 2.89 bits per heavy atom. The zero-order valence-electron chi connectivity index (χ0n) is 10.2. The lowest BCUT2D eigenvalue weighted by Gasteiger charge is -2.02. The van der Waals surface area contributed by atoms with E-state index in [4.69, 9.17) is 14.0 Å². The van der Waals surface area contributed by atoms with Gasteiger partial charge in [0.1, 0.15) is 11.6 Å². The minimum absolute atomic E-state index is 0.173. The smallest absolute Gasteiger partial charge is 0.264 e. The summed E-state index contributed by atoms with van der Waals surface area (Å²) in [5, 5.41) is 3.92. The lowest BCUT2D eigenvalue weighted by atomic mass is 10.1. The lowest BCUT2D eigenvalue weighted by Crippen LogP contribution is -2.01. The minimum Gasteiger partial charge on any atom is -0.484 e. The fourth-order valence-corrected chi connectivity index (χ4v) is 1.91. The first-order valence-electron chi connectivity index (χ1n) is 6.10. The molecule has 2 heterocycles.